The number of hydrogen-bond acceptors (Lipinski definition) is 3. The Morgan fingerprint density at radius 3 is 2.61 bits per heavy atom. The summed E-state index contributed by atoms with van der Waals surface area (Å²) in [5.41, 5.74) is 2.01. The third kappa shape index (κ3) is 3.45. The molecule has 0 aliphatic carbocycles. The molecule has 2 heterocycles. The van der Waals surface area contributed by atoms with Gasteiger partial charge < -0.3 is 4.57 Å². The van der Waals surface area contributed by atoms with E-state index in [9.17, 15) is 12.8 Å². The molecule has 1 saturated heterocycles. The minimum absolute atomic E-state index is 0.0962. The van der Waals surface area contributed by atoms with E-state index < -0.39 is 10.0 Å². The van der Waals surface area contributed by atoms with Crippen molar-refractivity contribution in [3.8, 4) is 0 Å². The normalized spacial score (nSPS) is 19.3. The van der Waals surface area contributed by atoms with E-state index in [4.69, 9.17) is 0 Å². The monoisotopic (exact) mass is 337 g/mol. The van der Waals surface area contributed by atoms with Crippen molar-refractivity contribution in [2.75, 3.05) is 19.3 Å². The number of sulfonamides is 1. The van der Waals surface area contributed by atoms with E-state index in [1.54, 1.807) is 12.1 Å². The summed E-state index contributed by atoms with van der Waals surface area (Å²) in [7, 11) is -3.16. The fourth-order valence-corrected chi connectivity index (χ4v) is 3.91. The van der Waals surface area contributed by atoms with Gasteiger partial charge in [0.1, 0.15) is 11.6 Å². The lowest BCUT2D eigenvalue weighted by Crippen LogP contribution is -2.27. The Kier molecular flexibility index (Phi) is 4.25. The van der Waals surface area contributed by atoms with Crippen LogP contribution in [-0.2, 0) is 16.6 Å². The Morgan fingerprint density at radius 2 is 2.00 bits per heavy atom. The van der Waals surface area contributed by atoms with Crippen molar-refractivity contribution in [2.24, 2.45) is 0 Å². The Balaban J connectivity index is 1.83. The molecule has 1 aliphatic rings. The van der Waals surface area contributed by atoms with E-state index in [2.05, 4.69) is 9.55 Å². The van der Waals surface area contributed by atoms with E-state index in [1.807, 2.05) is 13.1 Å². The number of benzene rings is 1. The molecule has 1 aromatic heterocycles. The van der Waals surface area contributed by atoms with E-state index >= 15 is 0 Å². The maximum Gasteiger partial charge on any atom is 0.211 e. The second kappa shape index (κ2) is 6.05. The molecule has 0 bridgehead atoms. The first kappa shape index (κ1) is 16.1. The van der Waals surface area contributed by atoms with Crippen LogP contribution in [0.25, 0.3) is 0 Å². The fraction of sp³-hybridized carbons (Fsp3) is 0.438. The summed E-state index contributed by atoms with van der Waals surface area (Å²) in [5, 5.41) is 0. The van der Waals surface area contributed by atoms with Gasteiger partial charge in [-0.1, -0.05) is 12.1 Å². The van der Waals surface area contributed by atoms with Crippen LogP contribution < -0.4 is 0 Å². The number of aromatic nitrogens is 2. The van der Waals surface area contributed by atoms with Gasteiger partial charge in [-0.25, -0.2) is 22.1 Å². The minimum atomic E-state index is -3.16. The average Bonchev–Trinajstić information content (AvgIpc) is 3.09. The van der Waals surface area contributed by atoms with Crippen LogP contribution in [0.5, 0.6) is 0 Å². The quantitative estimate of drug-likeness (QED) is 0.859. The molecule has 1 aromatic carbocycles. The number of rotatable bonds is 4. The Morgan fingerprint density at radius 1 is 1.30 bits per heavy atom. The van der Waals surface area contributed by atoms with Crippen molar-refractivity contribution in [2.45, 2.75) is 25.8 Å². The third-order valence-electron chi connectivity index (χ3n) is 4.33. The van der Waals surface area contributed by atoms with Crippen molar-refractivity contribution >= 4 is 10.0 Å². The zero-order valence-corrected chi connectivity index (χ0v) is 14.1. The van der Waals surface area contributed by atoms with E-state index in [1.165, 1.54) is 22.7 Å². The molecule has 5 nitrogen and oxygen atoms in total. The lowest BCUT2D eigenvalue weighted by atomic mass is 10.1. The molecule has 1 atom stereocenters. The molecule has 2 aromatic rings. The highest BCUT2D eigenvalue weighted by atomic mass is 32.2. The van der Waals surface area contributed by atoms with Crippen molar-refractivity contribution in [3.05, 3.63) is 53.4 Å². The number of imidazole rings is 1. The Bertz CT molecular complexity index is 799. The highest BCUT2D eigenvalue weighted by Crippen LogP contribution is 2.28. The van der Waals surface area contributed by atoms with E-state index in [0.717, 1.165) is 23.5 Å². The number of hydrogen-bond donors (Lipinski definition) is 0. The molecular weight excluding hydrogens is 317 g/mol. The summed E-state index contributed by atoms with van der Waals surface area (Å²) in [4.78, 5) is 4.50. The number of aryl methyl sites for hydroxylation is 1. The van der Waals surface area contributed by atoms with Crippen LogP contribution in [0, 0.1) is 12.7 Å². The zero-order valence-electron chi connectivity index (χ0n) is 13.2. The highest BCUT2D eigenvalue weighted by Gasteiger charge is 2.32. The van der Waals surface area contributed by atoms with Gasteiger partial charge >= 0.3 is 0 Å². The summed E-state index contributed by atoms with van der Waals surface area (Å²) < 4.78 is 40.0. The molecule has 1 fully saturated rings. The maximum atomic E-state index is 13.0. The van der Waals surface area contributed by atoms with Gasteiger partial charge in [0.15, 0.2) is 0 Å². The van der Waals surface area contributed by atoms with Crippen LogP contribution in [0.2, 0.25) is 0 Å². The molecule has 0 amide bonds. The lowest BCUT2D eigenvalue weighted by Gasteiger charge is -2.16. The molecule has 3 rings (SSSR count). The van der Waals surface area contributed by atoms with Crippen LogP contribution in [0.4, 0.5) is 4.39 Å². The largest absolute Gasteiger partial charge is 0.328 e. The summed E-state index contributed by atoms with van der Waals surface area (Å²) in [6.07, 6.45) is 3.82. The summed E-state index contributed by atoms with van der Waals surface area (Å²) in [6, 6.07) is 6.41. The predicted molar refractivity (Wildman–Crippen MR) is 86.2 cm³/mol. The number of halogens is 1. The first-order chi connectivity index (χ1) is 10.8. The average molecular weight is 337 g/mol. The lowest BCUT2D eigenvalue weighted by molar-refractivity contribution is 0.474. The van der Waals surface area contributed by atoms with E-state index in [-0.39, 0.29) is 11.7 Å². The van der Waals surface area contributed by atoms with Crippen LogP contribution in [0.1, 0.15) is 29.4 Å². The third-order valence-corrected chi connectivity index (χ3v) is 5.59. The standard InChI is InChI=1S/C16H20FN3O2S/c1-12-9-18-16(14-7-8-19(11-14)23(2,21)22)20(12)10-13-3-5-15(17)6-4-13/h3-6,9,14H,7-8,10-11H2,1-2H3. The first-order valence-corrected chi connectivity index (χ1v) is 9.41. The van der Waals surface area contributed by atoms with Gasteiger partial charge in [-0.3, -0.25) is 0 Å². The highest BCUT2D eigenvalue weighted by molar-refractivity contribution is 7.88. The molecular formula is C16H20FN3O2S. The molecule has 23 heavy (non-hydrogen) atoms. The van der Waals surface area contributed by atoms with E-state index in [0.29, 0.717) is 19.6 Å². The first-order valence-electron chi connectivity index (χ1n) is 7.56. The van der Waals surface area contributed by atoms with Crippen molar-refractivity contribution in [1.29, 1.82) is 0 Å². The Hall–Kier alpha value is -1.73. The fourth-order valence-electron chi connectivity index (χ4n) is 3.02. The molecule has 7 heteroatoms. The van der Waals surface area contributed by atoms with Gasteiger partial charge in [0.05, 0.1) is 6.26 Å². The SMILES string of the molecule is Cc1cnc(C2CCN(S(C)(=O)=O)C2)n1Cc1ccc(F)cc1. The summed E-state index contributed by atoms with van der Waals surface area (Å²) in [5.74, 6) is 0.743. The Labute approximate surface area is 135 Å². The van der Waals surface area contributed by atoms with Crippen LogP contribution >= 0.6 is 0 Å². The van der Waals surface area contributed by atoms with Crippen molar-refractivity contribution < 1.29 is 12.8 Å². The summed E-state index contributed by atoms with van der Waals surface area (Å²) >= 11 is 0. The van der Waals surface area contributed by atoms with Gasteiger partial charge in [0, 0.05) is 37.4 Å². The van der Waals surface area contributed by atoms with Gasteiger partial charge in [-0.2, -0.15) is 0 Å². The predicted octanol–water partition coefficient (Wildman–Crippen LogP) is 2.13. The van der Waals surface area contributed by atoms with Gasteiger partial charge in [0.2, 0.25) is 10.0 Å². The summed E-state index contributed by atoms with van der Waals surface area (Å²) in [6.45, 7) is 3.59. The van der Waals surface area contributed by atoms with Crippen LogP contribution in [0.3, 0.4) is 0 Å². The molecule has 1 aliphatic heterocycles. The molecule has 0 N–H and O–H groups in total. The van der Waals surface area contributed by atoms with Crippen molar-refractivity contribution in [1.82, 2.24) is 13.9 Å². The van der Waals surface area contributed by atoms with Gasteiger partial charge in [0.25, 0.3) is 0 Å². The maximum absolute atomic E-state index is 13.0. The molecule has 124 valence electrons. The molecule has 0 saturated carbocycles. The van der Waals surface area contributed by atoms with Crippen LogP contribution in [0.15, 0.2) is 30.5 Å². The topological polar surface area (TPSA) is 55.2 Å². The van der Waals surface area contributed by atoms with Crippen molar-refractivity contribution in [3.63, 3.8) is 0 Å². The van der Waals surface area contributed by atoms with Crippen LogP contribution in [-0.4, -0.2) is 41.6 Å². The second-order valence-electron chi connectivity index (χ2n) is 6.08. The van der Waals surface area contributed by atoms with Gasteiger partial charge in [-0.05, 0) is 31.0 Å². The molecule has 0 radical (unpaired) electrons. The smallest absolute Gasteiger partial charge is 0.211 e. The molecule has 1 unspecified atom stereocenters. The minimum Gasteiger partial charge on any atom is -0.328 e. The zero-order chi connectivity index (χ0) is 16.6. The molecule has 0 spiro atoms. The second-order valence-corrected chi connectivity index (χ2v) is 8.06. The van der Waals surface area contributed by atoms with Gasteiger partial charge in [-0.15, -0.1) is 0 Å². The number of nitrogens with zero attached hydrogens (tertiary/aromatic N) is 3.